The van der Waals surface area contributed by atoms with Gasteiger partial charge in [0, 0.05) is 25.9 Å². The van der Waals surface area contributed by atoms with Gasteiger partial charge >= 0.3 is 0 Å². The molecule has 2 heterocycles. The maximum Gasteiger partial charge on any atom is 0.259 e. The summed E-state index contributed by atoms with van der Waals surface area (Å²) in [6.45, 7) is 29.4. The number of amides is 2. The summed E-state index contributed by atoms with van der Waals surface area (Å²) in [7, 11) is 1.91. The van der Waals surface area contributed by atoms with Crippen LogP contribution >= 0.6 is 8.53 Å². The van der Waals surface area contributed by atoms with Crippen molar-refractivity contribution in [2.45, 2.75) is 124 Å². The van der Waals surface area contributed by atoms with E-state index in [4.69, 9.17) is 58.3 Å². The van der Waals surface area contributed by atoms with E-state index in [0.717, 1.165) is 28.2 Å². The minimum Gasteiger partial charge on any atom is -0.497 e. The lowest BCUT2D eigenvalue weighted by Crippen LogP contribution is -2.58. The molecule has 2 amide bonds. The monoisotopic (exact) mass is 1050 g/mol. The van der Waals surface area contributed by atoms with Crippen LogP contribution in [0.4, 0.5) is 0 Å². The second kappa shape index (κ2) is 30.5. The molecule has 18 heteroatoms. The van der Waals surface area contributed by atoms with Crippen molar-refractivity contribution >= 4 is 20.3 Å². The van der Waals surface area contributed by atoms with Crippen molar-refractivity contribution in [3.8, 4) is 11.5 Å². The number of benzene rings is 3. The predicted octanol–water partition coefficient (Wildman–Crippen LogP) is 8.38. The Balaban J connectivity index is 1.19. The van der Waals surface area contributed by atoms with Crippen LogP contribution in [0.3, 0.4) is 0 Å². The highest BCUT2D eigenvalue weighted by molar-refractivity contribution is 7.44. The Labute approximate surface area is 441 Å². The molecular formula is C56H83N4O13P. The highest BCUT2D eigenvalue weighted by atomic mass is 31.2. The van der Waals surface area contributed by atoms with E-state index < -0.39 is 38.8 Å². The van der Waals surface area contributed by atoms with Crippen molar-refractivity contribution in [1.29, 1.82) is 0 Å². The first kappa shape index (κ1) is 60.6. The smallest absolute Gasteiger partial charge is 0.259 e. The third-order valence-corrected chi connectivity index (χ3v) is 16.0. The second-order valence-electron chi connectivity index (χ2n) is 19.6. The molecule has 2 saturated heterocycles. The average Bonchev–Trinajstić information content (AvgIpc) is 3.38. The molecule has 2 aliphatic rings. The molecule has 17 nitrogen and oxygen atoms in total. The summed E-state index contributed by atoms with van der Waals surface area (Å²) in [6, 6.07) is 25.3. The van der Waals surface area contributed by atoms with Crippen molar-refractivity contribution in [1.82, 2.24) is 15.3 Å². The van der Waals surface area contributed by atoms with Gasteiger partial charge in [0.1, 0.15) is 23.7 Å². The summed E-state index contributed by atoms with van der Waals surface area (Å²) in [6.07, 6.45) is -2.22. The van der Waals surface area contributed by atoms with Crippen LogP contribution in [0, 0.1) is 30.2 Å². The summed E-state index contributed by atoms with van der Waals surface area (Å²) in [5, 5.41) is 6.14. The van der Waals surface area contributed by atoms with Gasteiger partial charge in [-0.1, -0.05) is 82.3 Å². The summed E-state index contributed by atoms with van der Waals surface area (Å²) < 4.78 is 70.8. The molecule has 0 aromatic heterocycles. The Bertz CT molecular complexity index is 2090. The van der Waals surface area contributed by atoms with E-state index in [9.17, 15) is 9.59 Å². The van der Waals surface area contributed by atoms with E-state index in [0.29, 0.717) is 26.4 Å². The fourth-order valence-electron chi connectivity index (χ4n) is 9.66. The van der Waals surface area contributed by atoms with Crippen LogP contribution in [0.25, 0.3) is 4.85 Å². The summed E-state index contributed by atoms with van der Waals surface area (Å²) in [5.74, 6) is 1.09. The minimum absolute atomic E-state index is 0.00687. The number of nitrogens with zero attached hydrogens (tertiary/aromatic N) is 2. The first-order valence-corrected chi connectivity index (χ1v) is 27.1. The largest absolute Gasteiger partial charge is 0.497 e. The normalized spacial score (nSPS) is 24.6. The maximum atomic E-state index is 12.6. The lowest BCUT2D eigenvalue weighted by Gasteiger charge is -2.45. The van der Waals surface area contributed by atoms with E-state index in [1.807, 2.05) is 78.9 Å². The van der Waals surface area contributed by atoms with Crippen LogP contribution < -0.4 is 20.1 Å². The number of ether oxygens (including phenoxy) is 9. The number of carbonyl (C=O) groups is 2. The molecule has 11 unspecified atom stereocenters. The van der Waals surface area contributed by atoms with Crippen LogP contribution in [-0.2, 0) is 57.4 Å². The van der Waals surface area contributed by atoms with Gasteiger partial charge in [-0.3, -0.25) is 9.59 Å². The lowest BCUT2D eigenvalue weighted by molar-refractivity contribution is -0.256. The number of nitrogens with one attached hydrogen (secondary N) is 2. The molecule has 3 aromatic rings. The third-order valence-electron chi connectivity index (χ3n) is 13.9. The van der Waals surface area contributed by atoms with E-state index >= 15 is 0 Å². The first-order chi connectivity index (χ1) is 35.6. The van der Waals surface area contributed by atoms with Gasteiger partial charge in [0.05, 0.1) is 91.4 Å². The summed E-state index contributed by atoms with van der Waals surface area (Å²) >= 11 is 0. The fraction of sp³-hybridized carbons (Fsp3) is 0.625. The fourth-order valence-corrected chi connectivity index (χ4v) is 11.2. The molecule has 0 radical (unpaired) electrons. The van der Waals surface area contributed by atoms with Gasteiger partial charge in [0.25, 0.3) is 8.53 Å². The number of methoxy groups -OCH3 is 2. The highest BCUT2D eigenvalue weighted by Crippen LogP contribution is 2.46. The van der Waals surface area contributed by atoms with Crippen molar-refractivity contribution in [2.75, 3.05) is 80.2 Å². The average molecular weight is 1050 g/mol. The Morgan fingerprint density at radius 2 is 1.05 bits per heavy atom. The van der Waals surface area contributed by atoms with Gasteiger partial charge < -0.3 is 67.2 Å². The summed E-state index contributed by atoms with van der Waals surface area (Å²) in [5.41, 5.74) is 1.67. The molecule has 3 aromatic carbocycles. The molecular weight excluding hydrogens is 968 g/mol. The lowest BCUT2D eigenvalue weighted by atomic mass is 9.80. The van der Waals surface area contributed by atoms with E-state index in [-0.39, 0.29) is 99.4 Å². The molecule has 2 aliphatic heterocycles. The van der Waals surface area contributed by atoms with Crippen LogP contribution in [-0.4, -0.2) is 146 Å². The van der Waals surface area contributed by atoms with Crippen molar-refractivity contribution in [3.05, 3.63) is 107 Å². The maximum absolute atomic E-state index is 12.6. The van der Waals surface area contributed by atoms with Crippen LogP contribution in [0.5, 0.6) is 11.5 Å². The molecule has 11 atom stereocenters. The third kappa shape index (κ3) is 16.6. The molecule has 2 N–H and O–H groups in total. The van der Waals surface area contributed by atoms with Crippen LogP contribution in [0.2, 0.25) is 0 Å². The molecule has 0 aliphatic carbocycles. The van der Waals surface area contributed by atoms with Crippen LogP contribution in [0.15, 0.2) is 78.9 Å². The number of carbonyl (C=O) groups excluding carboxylic acids is 2. The van der Waals surface area contributed by atoms with Gasteiger partial charge in [-0.25, -0.2) is 11.2 Å². The van der Waals surface area contributed by atoms with E-state index in [2.05, 4.69) is 75.5 Å². The molecule has 0 saturated carbocycles. The van der Waals surface area contributed by atoms with Gasteiger partial charge in [0.15, 0.2) is 12.6 Å². The van der Waals surface area contributed by atoms with Crippen molar-refractivity contribution < 1.29 is 61.3 Å². The Kier molecular flexibility index (Phi) is 24.9. The second-order valence-corrected chi connectivity index (χ2v) is 21.0. The molecule has 74 heavy (non-hydrogen) atoms. The van der Waals surface area contributed by atoms with Gasteiger partial charge in [-0.2, -0.15) is 0 Å². The number of rotatable bonds is 30. The van der Waals surface area contributed by atoms with Gasteiger partial charge in [-0.15, -0.1) is 0 Å². The first-order valence-electron chi connectivity index (χ1n) is 26.0. The van der Waals surface area contributed by atoms with Crippen molar-refractivity contribution in [2.24, 2.45) is 23.7 Å². The minimum atomic E-state index is -1.37. The Morgan fingerprint density at radius 3 is 1.49 bits per heavy atom. The highest BCUT2D eigenvalue weighted by Gasteiger charge is 2.45. The van der Waals surface area contributed by atoms with E-state index in [1.165, 1.54) is 13.8 Å². The molecule has 2 fully saturated rings. The zero-order chi connectivity index (χ0) is 53.8. The van der Waals surface area contributed by atoms with Gasteiger partial charge in [-0.05, 0) is 92.3 Å². The zero-order valence-electron chi connectivity index (χ0n) is 45.7. The van der Waals surface area contributed by atoms with E-state index in [1.54, 1.807) is 14.2 Å². The topological polar surface area (TPSA) is 167 Å². The standard InChI is InChI=1S/C56H83N4O13P/c1-37(2)60(38(3)4)74(70-28-27-57-11)71-34-30-66-36-51-40(6)41(7)52(58-43(9)61)54(72-51)67-31-29-65-35-50-39(5)42(8)53(59-44(10)62)55(73-50)68-32-33-69-56(45-17-15-14-16-18-45,46-19-23-48(63-12)24-20-46)47-21-25-49(64-13)26-22-47/h14-26,37-42,50-55H,27-36H2,1-10,12-13H3,(H,58,61)(H,59,62). The Hall–Kier alpha value is -4.28. The summed E-state index contributed by atoms with van der Waals surface area (Å²) in [4.78, 5) is 28.4. The van der Waals surface area contributed by atoms with Crippen LogP contribution in [0.1, 0.15) is 85.9 Å². The molecule has 0 spiro atoms. The number of hydrogen-bond acceptors (Lipinski definition) is 14. The quantitative estimate of drug-likeness (QED) is 0.0283. The SMILES string of the molecule is [C-]#[N+]CCOP(OCCOCC1OC(OCCOCC2OC(OCCOC(c3ccccc3)(c3ccc(OC)cc3)c3ccc(OC)cc3)C(NC(C)=O)C(C)C2C)C(NC(C)=O)C(C)C1C)N(C(C)C)C(C)C. The van der Waals surface area contributed by atoms with Gasteiger partial charge in [0.2, 0.25) is 18.4 Å². The zero-order valence-corrected chi connectivity index (χ0v) is 46.5. The predicted molar refractivity (Wildman–Crippen MR) is 283 cm³/mol. The molecule has 410 valence electrons. The molecule has 5 rings (SSSR count). The Morgan fingerprint density at radius 1 is 0.622 bits per heavy atom. The number of hydrogen-bond donors (Lipinski definition) is 2. The van der Waals surface area contributed by atoms with Crippen molar-refractivity contribution in [3.63, 3.8) is 0 Å². The molecule has 0 bridgehead atoms.